The highest BCUT2D eigenvalue weighted by atomic mass is 19.1. The van der Waals surface area contributed by atoms with Crippen LogP contribution in [0.5, 0.6) is 11.5 Å². The van der Waals surface area contributed by atoms with Gasteiger partial charge in [0, 0.05) is 5.69 Å². The van der Waals surface area contributed by atoms with Crippen molar-refractivity contribution in [1.29, 1.82) is 0 Å². The van der Waals surface area contributed by atoms with Crippen molar-refractivity contribution in [1.82, 2.24) is 0 Å². The average molecular weight is 351 g/mol. The lowest BCUT2D eigenvalue weighted by molar-refractivity contribution is 0.102. The molecule has 0 radical (unpaired) electrons. The van der Waals surface area contributed by atoms with E-state index in [1.807, 2.05) is 0 Å². The number of rotatable bonds is 6. The Labute approximate surface area is 151 Å². The number of nitrogens with one attached hydrogen (secondary N) is 1. The Morgan fingerprint density at radius 3 is 2.35 bits per heavy atom. The Hall–Kier alpha value is -3.34. The molecule has 3 aromatic carbocycles. The van der Waals surface area contributed by atoms with E-state index in [1.54, 1.807) is 67.8 Å². The van der Waals surface area contributed by atoms with Gasteiger partial charge in [0.2, 0.25) is 0 Å². The molecule has 26 heavy (non-hydrogen) atoms. The van der Waals surface area contributed by atoms with Crippen LogP contribution in [0.25, 0.3) is 0 Å². The lowest BCUT2D eigenvalue weighted by Gasteiger charge is -2.12. The first-order chi connectivity index (χ1) is 12.7. The first-order valence-electron chi connectivity index (χ1n) is 8.07. The molecular weight excluding hydrogens is 333 g/mol. The molecule has 1 amide bonds. The van der Waals surface area contributed by atoms with E-state index in [9.17, 15) is 9.18 Å². The maximum atomic E-state index is 13.0. The van der Waals surface area contributed by atoms with E-state index < -0.39 is 0 Å². The largest absolute Gasteiger partial charge is 0.497 e. The third-order valence-electron chi connectivity index (χ3n) is 3.79. The van der Waals surface area contributed by atoms with E-state index in [0.717, 1.165) is 5.56 Å². The van der Waals surface area contributed by atoms with Crippen molar-refractivity contribution in [2.24, 2.45) is 0 Å². The SMILES string of the molecule is COc1ccc(NC(=O)c2ccccc2OCc2ccc(F)cc2)cc1. The van der Waals surface area contributed by atoms with Gasteiger partial charge in [0.05, 0.1) is 12.7 Å². The zero-order chi connectivity index (χ0) is 18.4. The van der Waals surface area contributed by atoms with Crippen LogP contribution in [0.15, 0.2) is 72.8 Å². The molecule has 0 aromatic heterocycles. The highest BCUT2D eigenvalue weighted by Gasteiger charge is 2.12. The van der Waals surface area contributed by atoms with Gasteiger partial charge in [-0.1, -0.05) is 24.3 Å². The van der Waals surface area contributed by atoms with Crippen molar-refractivity contribution in [2.75, 3.05) is 12.4 Å². The third kappa shape index (κ3) is 4.39. The minimum Gasteiger partial charge on any atom is -0.497 e. The summed E-state index contributed by atoms with van der Waals surface area (Å²) in [5, 5.41) is 2.83. The lowest BCUT2D eigenvalue weighted by atomic mass is 10.1. The molecule has 0 fully saturated rings. The number of hydrogen-bond donors (Lipinski definition) is 1. The summed E-state index contributed by atoms with van der Waals surface area (Å²) in [6.07, 6.45) is 0. The van der Waals surface area contributed by atoms with Crippen LogP contribution in [0.3, 0.4) is 0 Å². The molecule has 3 aromatic rings. The monoisotopic (exact) mass is 351 g/mol. The van der Waals surface area contributed by atoms with E-state index in [-0.39, 0.29) is 18.3 Å². The number of ether oxygens (including phenoxy) is 2. The molecule has 0 saturated heterocycles. The highest BCUT2D eigenvalue weighted by molar-refractivity contribution is 6.06. The van der Waals surface area contributed by atoms with Crippen molar-refractivity contribution in [3.05, 3.63) is 89.7 Å². The molecule has 0 spiro atoms. The first-order valence-corrected chi connectivity index (χ1v) is 8.07. The van der Waals surface area contributed by atoms with Gasteiger partial charge in [0.25, 0.3) is 5.91 Å². The Balaban J connectivity index is 1.70. The quantitative estimate of drug-likeness (QED) is 0.702. The van der Waals surface area contributed by atoms with Gasteiger partial charge < -0.3 is 14.8 Å². The Morgan fingerprint density at radius 1 is 0.962 bits per heavy atom. The number of carbonyl (C=O) groups excluding carboxylic acids is 1. The molecular formula is C21H18FNO3. The van der Waals surface area contributed by atoms with E-state index in [4.69, 9.17) is 9.47 Å². The zero-order valence-electron chi connectivity index (χ0n) is 14.2. The summed E-state index contributed by atoms with van der Waals surface area (Å²) in [4.78, 5) is 12.6. The van der Waals surface area contributed by atoms with Crippen molar-refractivity contribution < 1.29 is 18.7 Å². The molecule has 0 saturated carbocycles. The first kappa shape index (κ1) is 17.5. The molecule has 0 atom stereocenters. The van der Waals surface area contributed by atoms with Gasteiger partial charge in [-0.05, 0) is 54.1 Å². The summed E-state index contributed by atoms with van der Waals surface area (Å²) in [6.45, 7) is 0.243. The lowest BCUT2D eigenvalue weighted by Crippen LogP contribution is -2.13. The molecule has 4 nitrogen and oxygen atoms in total. The maximum absolute atomic E-state index is 13.0. The molecule has 1 N–H and O–H groups in total. The second-order valence-electron chi connectivity index (χ2n) is 5.59. The van der Waals surface area contributed by atoms with Gasteiger partial charge >= 0.3 is 0 Å². The zero-order valence-corrected chi connectivity index (χ0v) is 14.2. The Bertz CT molecular complexity index is 877. The van der Waals surface area contributed by atoms with Crippen molar-refractivity contribution in [3.8, 4) is 11.5 Å². The minimum absolute atomic E-state index is 0.243. The molecule has 0 aliphatic heterocycles. The molecule has 3 rings (SSSR count). The van der Waals surface area contributed by atoms with Crippen molar-refractivity contribution in [2.45, 2.75) is 6.61 Å². The van der Waals surface area contributed by atoms with Crippen LogP contribution in [0, 0.1) is 5.82 Å². The summed E-state index contributed by atoms with van der Waals surface area (Å²) in [6, 6.07) is 20.1. The molecule has 0 unspecified atom stereocenters. The van der Waals surface area contributed by atoms with Crippen molar-refractivity contribution in [3.63, 3.8) is 0 Å². The van der Waals surface area contributed by atoms with E-state index in [0.29, 0.717) is 22.7 Å². The summed E-state index contributed by atoms with van der Waals surface area (Å²) >= 11 is 0. The fourth-order valence-corrected chi connectivity index (χ4v) is 2.39. The van der Waals surface area contributed by atoms with Crippen LogP contribution < -0.4 is 14.8 Å². The summed E-state index contributed by atoms with van der Waals surface area (Å²) in [5.74, 6) is 0.603. The fourth-order valence-electron chi connectivity index (χ4n) is 2.39. The topological polar surface area (TPSA) is 47.6 Å². The second kappa shape index (κ2) is 8.16. The predicted molar refractivity (Wildman–Crippen MR) is 98.1 cm³/mol. The van der Waals surface area contributed by atoms with Gasteiger partial charge in [-0.2, -0.15) is 0 Å². The number of benzene rings is 3. The van der Waals surface area contributed by atoms with Crippen LogP contribution in [0.1, 0.15) is 15.9 Å². The fraction of sp³-hybridized carbons (Fsp3) is 0.0952. The number of hydrogen-bond acceptors (Lipinski definition) is 3. The number of halogens is 1. The molecule has 0 aliphatic carbocycles. The molecule has 5 heteroatoms. The van der Waals surface area contributed by atoms with Crippen LogP contribution >= 0.6 is 0 Å². The third-order valence-corrected chi connectivity index (χ3v) is 3.79. The molecule has 0 aliphatic rings. The van der Waals surface area contributed by atoms with E-state index in [2.05, 4.69) is 5.32 Å². The molecule has 132 valence electrons. The van der Waals surface area contributed by atoms with E-state index in [1.165, 1.54) is 12.1 Å². The van der Waals surface area contributed by atoms with Crippen LogP contribution in [-0.4, -0.2) is 13.0 Å². The van der Waals surface area contributed by atoms with Crippen LogP contribution in [-0.2, 0) is 6.61 Å². The van der Waals surface area contributed by atoms with Crippen LogP contribution in [0.2, 0.25) is 0 Å². The van der Waals surface area contributed by atoms with Gasteiger partial charge in [-0.3, -0.25) is 4.79 Å². The molecule has 0 bridgehead atoms. The number of amides is 1. The highest BCUT2D eigenvalue weighted by Crippen LogP contribution is 2.22. The van der Waals surface area contributed by atoms with Crippen LogP contribution in [0.4, 0.5) is 10.1 Å². The Morgan fingerprint density at radius 2 is 1.65 bits per heavy atom. The standard InChI is InChI=1S/C21H18FNO3/c1-25-18-12-10-17(11-13-18)23-21(24)19-4-2-3-5-20(19)26-14-15-6-8-16(22)9-7-15/h2-13H,14H2,1H3,(H,23,24). The minimum atomic E-state index is -0.298. The van der Waals surface area contributed by atoms with E-state index >= 15 is 0 Å². The van der Waals surface area contributed by atoms with Gasteiger partial charge in [-0.25, -0.2) is 4.39 Å². The summed E-state index contributed by atoms with van der Waals surface area (Å²) < 4.78 is 23.8. The smallest absolute Gasteiger partial charge is 0.259 e. The summed E-state index contributed by atoms with van der Waals surface area (Å²) in [7, 11) is 1.59. The normalized spacial score (nSPS) is 10.2. The maximum Gasteiger partial charge on any atom is 0.259 e. The molecule has 0 heterocycles. The summed E-state index contributed by atoms with van der Waals surface area (Å²) in [5.41, 5.74) is 1.89. The Kier molecular flexibility index (Phi) is 5.49. The average Bonchev–Trinajstić information content (AvgIpc) is 2.68. The number of methoxy groups -OCH3 is 1. The van der Waals surface area contributed by atoms with Gasteiger partial charge in [0.1, 0.15) is 23.9 Å². The number of carbonyl (C=O) groups is 1. The van der Waals surface area contributed by atoms with Gasteiger partial charge in [-0.15, -0.1) is 0 Å². The predicted octanol–water partition coefficient (Wildman–Crippen LogP) is 4.67. The number of anilines is 1. The van der Waals surface area contributed by atoms with Gasteiger partial charge in [0.15, 0.2) is 0 Å². The second-order valence-corrected chi connectivity index (χ2v) is 5.59. The number of para-hydroxylation sites is 1. The van der Waals surface area contributed by atoms with Crippen molar-refractivity contribution >= 4 is 11.6 Å².